The average Bonchev–Trinajstić information content (AvgIpc) is 3.07. The zero-order valence-corrected chi connectivity index (χ0v) is 17.3. The third kappa shape index (κ3) is 5.29. The summed E-state index contributed by atoms with van der Waals surface area (Å²) in [6, 6.07) is 13.7. The molecule has 1 saturated heterocycles. The van der Waals surface area contributed by atoms with E-state index in [-0.39, 0.29) is 24.7 Å². The van der Waals surface area contributed by atoms with Crippen molar-refractivity contribution in [2.75, 3.05) is 13.2 Å². The molecule has 0 radical (unpaired) electrons. The molecule has 29 heavy (non-hydrogen) atoms. The summed E-state index contributed by atoms with van der Waals surface area (Å²) in [7, 11) is 0. The van der Waals surface area contributed by atoms with Crippen molar-refractivity contribution in [2.45, 2.75) is 13.3 Å². The molecule has 2 aromatic rings. The number of aryl methyl sites for hydroxylation is 1. The number of esters is 1. The number of nitrogens with one attached hydrogen (secondary N) is 1. The summed E-state index contributed by atoms with van der Waals surface area (Å²) in [6.07, 6.45) is -0.0839. The van der Waals surface area contributed by atoms with Crippen LogP contribution in [-0.4, -0.2) is 41.7 Å². The van der Waals surface area contributed by atoms with Gasteiger partial charge in [-0.1, -0.05) is 45.8 Å². The number of carbonyl (C=O) groups is 4. The number of benzene rings is 2. The maximum absolute atomic E-state index is 12.3. The van der Waals surface area contributed by atoms with Crippen molar-refractivity contribution in [3.63, 3.8) is 0 Å². The number of amides is 2. The molecule has 0 aromatic heterocycles. The van der Waals surface area contributed by atoms with Gasteiger partial charge in [-0.05, 0) is 31.2 Å². The first-order valence-corrected chi connectivity index (χ1v) is 9.76. The molecule has 2 amide bonds. The number of ketones is 1. The van der Waals surface area contributed by atoms with E-state index in [1.807, 2.05) is 13.0 Å². The smallest absolute Gasteiger partial charge is 0.311 e. The van der Waals surface area contributed by atoms with E-state index in [0.717, 1.165) is 15.0 Å². The van der Waals surface area contributed by atoms with Crippen molar-refractivity contribution in [1.29, 1.82) is 0 Å². The highest BCUT2D eigenvalue weighted by Crippen LogP contribution is 2.18. The molecule has 0 saturated carbocycles. The Morgan fingerprint density at radius 1 is 1.14 bits per heavy atom. The average molecular weight is 459 g/mol. The summed E-state index contributed by atoms with van der Waals surface area (Å²) in [6.45, 7) is 1.46. The predicted octanol–water partition coefficient (Wildman–Crippen LogP) is 2.68. The Balaban J connectivity index is 1.52. The van der Waals surface area contributed by atoms with Gasteiger partial charge < -0.3 is 4.74 Å². The molecule has 2 aromatic carbocycles. The maximum atomic E-state index is 12.3. The van der Waals surface area contributed by atoms with Crippen molar-refractivity contribution < 1.29 is 23.9 Å². The van der Waals surface area contributed by atoms with Crippen molar-refractivity contribution in [2.24, 2.45) is 5.92 Å². The number of Topliss-reactive ketones (excluding diaryl/α,β-unsaturated/α-hetero) is 1. The maximum Gasteiger partial charge on any atom is 0.311 e. The van der Waals surface area contributed by atoms with Gasteiger partial charge in [-0.15, -0.1) is 0 Å². The van der Waals surface area contributed by atoms with Crippen LogP contribution in [0.5, 0.6) is 0 Å². The number of hydrazine groups is 1. The topological polar surface area (TPSA) is 92.8 Å². The second-order valence-electron chi connectivity index (χ2n) is 6.75. The predicted molar refractivity (Wildman–Crippen MR) is 108 cm³/mol. The number of rotatable bonds is 6. The van der Waals surface area contributed by atoms with Crippen LogP contribution in [0.2, 0.25) is 0 Å². The minimum Gasteiger partial charge on any atom is -0.457 e. The molecule has 0 bridgehead atoms. The van der Waals surface area contributed by atoms with E-state index >= 15 is 0 Å². The summed E-state index contributed by atoms with van der Waals surface area (Å²) >= 11 is 3.28. The fraction of sp³-hybridized carbons (Fsp3) is 0.238. The first-order chi connectivity index (χ1) is 13.8. The first kappa shape index (κ1) is 20.7. The lowest BCUT2D eigenvalue weighted by Gasteiger charge is -2.17. The normalized spacial score (nSPS) is 15.9. The van der Waals surface area contributed by atoms with E-state index in [4.69, 9.17) is 4.74 Å². The summed E-state index contributed by atoms with van der Waals surface area (Å²) in [4.78, 5) is 48.8. The third-order valence-corrected chi connectivity index (χ3v) is 5.02. The lowest BCUT2D eigenvalue weighted by atomic mass is 10.1. The van der Waals surface area contributed by atoms with Gasteiger partial charge in [0.05, 0.1) is 12.5 Å². The van der Waals surface area contributed by atoms with Gasteiger partial charge in [-0.25, -0.2) is 0 Å². The largest absolute Gasteiger partial charge is 0.457 e. The Morgan fingerprint density at radius 3 is 2.55 bits per heavy atom. The molecule has 8 heteroatoms. The fourth-order valence-corrected chi connectivity index (χ4v) is 3.18. The van der Waals surface area contributed by atoms with Crippen molar-refractivity contribution in [1.82, 2.24) is 10.4 Å². The zero-order chi connectivity index (χ0) is 21.0. The molecule has 7 nitrogen and oxygen atoms in total. The molecule has 1 fully saturated rings. The highest BCUT2D eigenvalue weighted by atomic mass is 79.9. The quantitative estimate of drug-likeness (QED) is 0.530. The van der Waals surface area contributed by atoms with Crippen molar-refractivity contribution in [3.05, 3.63) is 69.7 Å². The van der Waals surface area contributed by atoms with E-state index in [2.05, 4.69) is 21.4 Å². The van der Waals surface area contributed by atoms with Crippen LogP contribution in [-0.2, 0) is 14.3 Å². The van der Waals surface area contributed by atoms with Gasteiger partial charge in [0.15, 0.2) is 12.4 Å². The molecule has 0 aliphatic carbocycles. The Labute approximate surface area is 176 Å². The van der Waals surface area contributed by atoms with E-state index in [1.54, 1.807) is 42.5 Å². The minimum absolute atomic E-state index is 0.00168. The fourth-order valence-electron chi connectivity index (χ4n) is 2.92. The molecule has 0 unspecified atom stereocenters. The SMILES string of the molecule is Cc1cccc(C(=O)NN2C[C@@H](C(=O)OCC(=O)c3ccc(Br)cc3)CC2=O)c1. The standard InChI is InChI=1S/C21H19BrN2O5/c1-13-3-2-4-15(9-13)20(27)23-24-11-16(10-19(24)26)21(28)29-12-18(25)14-5-7-17(22)8-6-14/h2-9,16H,10-12H2,1H3,(H,23,27)/t16-/m0/s1. The van der Waals surface area contributed by atoms with Gasteiger partial charge in [-0.2, -0.15) is 0 Å². The number of ether oxygens (including phenoxy) is 1. The number of hydrogen-bond donors (Lipinski definition) is 1. The van der Waals surface area contributed by atoms with E-state index in [0.29, 0.717) is 11.1 Å². The van der Waals surface area contributed by atoms with Crippen LogP contribution in [0, 0.1) is 12.8 Å². The molecular weight excluding hydrogens is 440 g/mol. The van der Waals surface area contributed by atoms with Crippen LogP contribution in [0.4, 0.5) is 0 Å². The van der Waals surface area contributed by atoms with Crippen LogP contribution in [0.1, 0.15) is 32.7 Å². The Bertz CT molecular complexity index is 958. The molecule has 0 spiro atoms. The van der Waals surface area contributed by atoms with E-state index < -0.39 is 24.4 Å². The number of halogens is 1. The number of carbonyl (C=O) groups excluding carboxylic acids is 4. The minimum atomic E-state index is -0.738. The van der Waals surface area contributed by atoms with E-state index in [1.165, 1.54) is 0 Å². The van der Waals surface area contributed by atoms with Gasteiger partial charge in [0.25, 0.3) is 5.91 Å². The Morgan fingerprint density at radius 2 is 1.86 bits per heavy atom. The number of nitrogens with zero attached hydrogens (tertiary/aromatic N) is 1. The van der Waals surface area contributed by atoms with Gasteiger partial charge >= 0.3 is 5.97 Å². The monoisotopic (exact) mass is 458 g/mol. The van der Waals surface area contributed by atoms with Crippen LogP contribution < -0.4 is 5.43 Å². The summed E-state index contributed by atoms with van der Waals surface area (Å²) in [5.74, 6) is -2.53. The molecule has 1 N–H and O–H groups in total. The third-order valence-electron chi connectivity index (χ3n) is 4.49. The summed E-state index contributed by atoms with van der Waals surface area (Å²) in [5, 5.41) is 1.12. The van der Waals surface area contributed by atoms with Crippen LogP contribution in [0.25, 0.3) is 0 Å². The van der Waals surface area contributed by atoms with Crippen molar-refractivity contribution in [3.8, 4) is 0 Å². The second kappa shape index (κ2) is 9.00. The zero-order valence-electron chi connectivity index (χ0n) is 15.7. The van der Waals surface area contributed by atoms with Crippen molar-refractivity contribution >= 4 is 39.5 Å². The van der Waals surface area contributed by atoms with Gasteiger partial charge in [-0.3, -0.25) is 29.6 Å². The van der Waals surface area contributed by atoms with Crippen LogP contribution in [0.15, 0.2) is 53.0 Å². The molecule has 1 aliphatic rings. The molecule has 1 heterocycles. The summed E-state index contributed by atoms with van der Waals surface area (Å²) in [5.41, 5.74) is 4.28. The second-order valence-corrected chi connectivity index (χ2v) is 7.67. The molecule has 3 rings (SSSR count). The highest BCUT2D eigenvalue weighted by Gasteiger charge is 2.36. The van der Waals surface area contributed by atoms with Gasteiger partial charge in [0.2, 0.25) is 5.91 Å². The summed E-state index contributed by atoms with van der Waals surface area (Å²) < 4.78 is 5.92. The molecule has 1 atom stereocenters. The molecule has 150 valence electrons. The van der Waals surface area contributed by atoms with Crippen LogP contribution in [0.3, 0.4) is 0 Å². The van der Waals surface area contributed by atoms with Gasteiger partial charge in [0.1, 0.15) is 0 Å². The van der Waals surface area contributed by atoms with E-state index in [9.17, 15) is 19.2 Å². The first-order valence-electron chi connectivity index (χ1n) is 8.97. The van der Waals surface area contributed by atoms with Gasteiger partial charge in [0, 0.05) is 22.0 Å². The lowest BCUT2D eigenvalue weighted by molar-refractivity contribution is -0.147. The van der Waals surface area contributed by atoms with Crippen LogP contribution >= 0.6 is 15.9 Å². The number of hydrogen-bond acceptors (Lipinski definition) is 5. The lowest BCUT2D eigenvalue weighted by Crippen LogP contribution is -2.43. The highest BCUT2D eigenvalue weighted by molar-refractivity contribution is 9.10. The molecular formula is C21H19BrN2O5. The molecule has 1 aliphatic heterocycles. The Hall–Kier alpha value is -3.00. The Kier molecular flexibility index (Phi) is 6.43.